The number of aliphatic hydroxyl groups excluding tert-OH is 1. The van der Waals surface area contributed by atoms with E-state index in [-0.39, 0.29) is 12.5 Å². The van der Waals surface area contributed by atoms with E-state index in [9.17, 15) is 5.11 Å². The molecular weight excluding hydrogens is 290 g/mol. The Balaban J connectivity index is 1.73. The quantitative estimate of drug-likeness (QED) is 0.912. The van der Waals surface area contributed by atoms with Crippen LogP contribution in [0.4, 0.5) is 0 Å². The summed E-state index contributed by atoms with van der Waals surface area (Å²) in [7, 11) is 1.97. The zero-order chi connectivity index (χ0) is 16.6. The standard InChI is InChI=1S/C17H27N5O/c1-12(2)22-9-15(6-19-22)17-10-21(8-16(17)11-23)7-14-5-18-20(4)13(14)3/h5-6,9,12,16-17,23H,7-8,10-11H2,1-4H3/t16-,17-/m0/s1. The van der Waals surface area contributed by atoms with Crippen LogP contribution in [0.3, 0.4) is 0 Å². The highest BCUT2D eigenvalue weighted by molar-refractivity contribution is 5.19. The van der Waals surface area contributed by atoms with Crippen molar-refractivity contribution in [2.45, 2.75) is 39.3 Å². The summed E-state index contributed by atoms with van der Waals surface area (Å²) >= 11 is 0. The van der Waals surface area contributed by atoms with E-state index in [1.807, 2.05) is 28.8 Å². The van der Waals surface area contributed by atoms with Crippen molar-refractivity contribution < 1.29 is 5.11 Å². The van der Waals surface area contributed by atoms with E-state index >= 15 is 0 Å². The zero-order valence-corrected chi connectivity index (χ0v) is 14.5. The van der Waals surface area contributed by atoms with Crippen LogP contribution in [0, 0.1) is 12.8 Å². The van der Waals surface area contributed by atoms with Crippen molar-refractivity contribution in [2.24, 2.45) is 13.0 Å². The lowest BCUT2D eigenvalue weighted by molar-refractivity contribution is 0.214. The summed E-state index contributed by atoms with van der Waals surface area (Å²) in [4.78, 5) is 2.42. The molecule has 2 atom stereocenters. The predicted octanol–water partition coefficient (Wildman–Crippen LogP) is 1.71. The fraction of sp³-hybridized carbons (Fsp3) is 0.647. The van der Waals surface area contributed by atoms with Gasteiger partial charge in [-0.25, -0.2) is 0 Å². The van der Waals surface area contributed by atoms with Crippen LogP contribution in [0.2, 0.25) is 0 Å². The highest BCUT2D eigenvalue weighted by Gasteiger charge is 2.34. The van der Waals surface area contributed by atoms with Crippen molar-refractivity contribution >= 4 is 0 Å². The third kappa shape index (κ3) is 3.19. The number of nitrogens with zero attached hydrogens (tertiary/aromatic N) is 5. The average Bonchev–Trinajstić information content (AvgIpc) is 3.22. The first-order valence-corrected chi connectivity index (χ1v) is 8.34. The van der Waals surface area contributed by atoms with E-state index in [1.165, 1.54) is 16.8 Å². The molecule has 1 aliphatic rings. The highest BCUT2D eigenvalue weighted by atomic mass is 16.3. The molecule has 0 amide bonds. The maximum Gasteiger partial charge on any atom is 0.0537 e. The Bertz CT molecular complexity index is 660. The molecule has 0 radical (unpaired) electrons. The summed E-state index contributed by atoms with van der Waals surface area (Å²) < 4.78 is 3.91. The van der Waals surface area contributed by atoms with Crippen LogP contribution < -0.4 is 0 Å². The minimum Gasteiger partial charge on any atom is -0.396 e. The van der Waals surface area contributed by atoms with Gasteiger partial charge in [0.25, 0.3) is 0 Å². The van der Waals surface area contributed by atoms with Gasteiger partial charge in [-0.1, -0.05) is 0 Å². The van der Waals surface area contributed by atoms with Crippen molar-refractivity contribution in [3.05, 3.63) is 35.4 Å². The molecule has 6 heteroatoms. The SMILES string of the molecule is Cc1c(CN2C[C@@H](CO)[C@H](c3cnn(C(C)C)c3)C2)cnn1C. The summed E-state index contributed by atoms with van der Waals surface area (Å²) in [6, 6.07) is 0.367. The number of aliphatic hydroxyl groups is 1. The molecule has 0 aromatic carbocycles. The monoisotopic (exact) mass is 317 g/mol. The zero-order valence-electron chi connectivity index (χ0n) is 14.5. The summed E-state index contributed by atoms with van der Waals surface area (Å²) in [6.45, 7) is 9.36. The lowest BCUT2D eigenvalue weighted by Gasteiger charge is -2.15. The fourth-order valence-electron chi connectivity index (χ4n) is 3.42. The molecule has 1 N–H and O–H groups in total. The van der Waals surface area contributed by atoms with Crippen LogP contribution in [-0.2, 0) is 13.6 Å². The van der Waals surface area contributed by atoms with Gasteiger partial charge in [-0.2, -0.15) is 10.2 Å². The Kier molecular flexibility index (Phi) is 4.55. The lowest BCUT2D eigenvalue weighted by atomic mass is 9.92. The molecule has 2 aromatic heterocycles. The molecule has 1 fully saturated rings. The topological polar surface area (TPSA) is 59.1 Å². The smallest absolute Gasteiger partial charge is 0.0537 e. The number of aryl methyl sites for hydroxylation is 1. The van der Waals surface area contributed by atoms with Gasteiger partial charge < -0.3 is 5.11 Å². The van der Waals surface area contributed by atoms with Crippen molar-refractivity contribution in [1.82, 2.24) is 24.5 Å². The first kappa shape index (κ1) is 16.2. The van der Waals surface area contributed by atoms with Gasteiger partial charge in [0.1, 0.15) is 0 Å². The maximum absolute atomic E-state index is 9.79. The molecule has 2 aromatic rings. The van der Waals surface area contributed by atoms with Crippen LogP contribution >= 0.6 is 0 Å². The molecule has 0 saturated carbocycles. The molecule has 23 heavy (non-hydrogen) atoms. The molecule has 1 aliphatic heterocycles. The molecule has 3 heterocycles. The van der Waals surface area contributed by atoms with Gasteiger partial charge in [-0.15, -0.1) is 0 Å². The van der Waals surface area contributed by atoms with Crippen molar-refractivity contribution in [3.8, 4) is 0 Å². The second-order valence-electron chi connectivity index (χ2n) is 6.97. The third-order valence-electron chi connectivity index (χ3n) is 5.06. The minimum atomic E-state index is 0.222. The van der Waals surface area contributed by atoms with Gasteiger partial charge >= 0.3 is 0 Å². The van der Waals surface area contributed by atoms with E-state index in [1.54, 1.807) is 0 Å². The Morgan fingerprint density at radius 1 is 1.26 bits per heavy atom. The number of rotatable bonds is 5. The lowest BCUT2D eigenvalue weighted by Crippen LogP contribution is -2.21. The van der Waals surface area contributed by atoms with Gasteiger partial charge in [0.2, 0.25) is 0 Å². The molecule has 0 bridgehead atoms. The van der Waals surface area contributed by atoms with Gasteiger partial charge in [0.05, 0.1) is 12.4 Å². The summed E-state index contributed by atoms with van der Waals surface area (Å²) in [5.74, 6) is 0.626. The van der Waals surface area contributed by atoms with Gasteiger partial charge in [0.15, 0.2) is 0 Å². The normalized spacial score (nSPS) is 22.3. The van der Waals surface area contributed by atoms with Crippen LogP contribution in [-0.4, -0.2) is 49.3 Å². The maximum atomic E-state index is 9.79. The van der Waals surface area contributed by atoms with Gasteiger partial charge in [0, 0.05) is 68.6 Å². The Hall–Kier alpha value is -1.66. The summed E-state index contributed by atoms with van der Waals surface area (Å²) in [5, 5.41) is 18.6. The van der Waals surface area contributed by atoms with E-state index in [0.29, 0.717) is 12.0 Å². The first-order chi connectivity index (χ1) is 11.0. The van der Waals surface area contributed by atoms with Crippen molar-refractivity contribution in [2.75, 3.05) is 19.7 Å². The van der Waals surface area contributed by atoms with Crippen molar-refractivity contribution in [1.29, 1.82) is 0 Å². The van der Waals surface area contributed by atoms with E-state index in [2.05, 4.69) is 42.1 Å². The second kappa shape index (κ2) is 6.45. The molecule has 126 valence electrons. The Labute approximate surface area is 137 Å². The fourth-order valence-corrected chi connectivity index (χ4v) is 3.42. The molecule has 0 aliphatic carbocycles. The van der Waals surface area contributed by atoms with Crippen molar-refractivity contribution in [3.63, 3.8) is 0 Å². The Morgan fingerprint density at radius 2 is 2.04 bits per heavy atom. The molecule has 0 unspecified atom stereocenters. The summed E-state index contributed by atoms with van der Waals surface area (Å²) in [6.07, 6.45) is 6.05. The number of aromatic nitrogens is 4. The largest absolute Gasteiger partial charge is 0.396 e. The molecule has 1 saturated heterocycles. The molecule has 0 spiro atoms. The number of hydrogen-bond donors (Lipinski definition) is 1. The third-order valence-corrected chi connectivity index (χ3v) is 5.06. The number of hydrogen-bond acceptors (Lipinski definition) is 4. The molecular formula is C17H27N5O. The first-order valence-electron chi connectivity index (χ1n) is 8.34. The van der Waals surface area contributed by atoms with Crippen LogP contribution in [0.1, 0.15) is 42.6 Å². The van der Waals surface area contributed by atoms with Gasteiger partial charge in [-0.3, -0.25) is 14.3 Å². The van der Waals surface area contributed by atoms with E-state index in [4.69, 9.17) is 0 Å². The molecule has 6 nitrogen and oxygen atoms in total. The van der Waals surface area contributed by atoms with Crippen LogP contribution in [0.25, 0.3) is 0 Å². The van der Waals surface area contributed by atoms with E-state index in [0.717, 1.165) is 19.6 Å². The second-order valence-corrected chi connectivity index (χ2v) is 6.97. The van der Waals surface area contributed by atoms with Crippen LogP contribution in [0.5, 0.6) is 0 Å². The van der Waals surface area contributed by atoms with Gasteiger partial charge in [-0.05, 0) is 26.3 Å². The minimum absolute atomic E-state index is 0.222. The predicted molar refractivity (Wildman–Crippen MR) is 89.2 cm³/mol. The van der Waals surface area contributed by atoms with Crippen LogP contribution in [0.15, 0.2) is 18.6 Å². The summed E-state index contributed by atoms with van der Waals surface area (Å²) in [5.41, 5.74) is 3.72. The highest BCUT2D eigenvalue weighted by Crippen LogP contribution is 2.33. The number of likely N-dealkylation sites (tertiary alicyclic amines) is 1. The Morgan fingerprint density at radius 3 is 2.61 bits per heavy atom. The average molecular weight is 317 g/mol. The molecule has 3 rings (SSSR count). The van der Waals surface area contributed by atoms with E-state index < -0.39 is 0 Å².